The minimum Gasteiger partial charge on any atom is -0.496 e. The van der Waals surface area contributed by atoms with Crippen molar-refractivity contribution in [1.29, 1.82) is 0 Å². The topological polar surface area (TPSA) is 29.5 Å². The number of hydrogen-bond donors (Lipinski definition) is 0. The molecule has 6 heteroatoms. The zero-order valence-electron chi connectivity index (χ0n) is 13.4. The molecule has 0 atom stereocenters. The highest BCUT2D eigenvalue weighted by atomic mass is 19.4. The summed E-state index contributed by atoms with van der Waals surface area (Å²) in [6, 6.07) is 12.0. The number of benzene rings is 2. The van der Waals surface area contributed by atoms with Crippen molar-refractivity contribution in [3.8, 4) is 5.75 Å². The Labute approximate surface area is 138 Å². The monoisotopic (exact) mass is 337 g/mol. The lowest BCUT2D eigenvalue weighted by Gasteiger charge is -2.18. The lowest BCUT2D eigenvalue weighted by atomic mass is 10.1. The van der Waals surface area contributed by atoms with E-state index in [1.807, 2.05) is 18.2 Å². The van der Waals surface area contributed by atoms with Crippen LogP contribution in [0, 0.1) is 0 Å². The van der Waals surface area contributed by atoms with E-state index in [9.17, 15) is 18.0 Å². The molecule has 0 saturated carbocycles. The molecule has 2 rings (SSSR count). The van der Waals surface area contributed by atoms with Crippen molar-refractivity contribution in [3.05, 3.63) is 65.2 Å². The Kier molecular flexibility index (Phi) is 5.49. The van der Waals surface area contributed by atoms with Gasteiger partial charge in [-0.2, -0.15) is 13.2 Å². The van der Waals surface area contributed by atoms with Gasteiger partial charge in [0, 0.05) is 19.2 Å². The summed E-state index contributed by atoms with van der Waals surface area (Å²) < 4.78 is 42.9. The molecule has 0 unspecified atom stereocenters. The molecule has 2 aromatic carbocycles. The number of hydrogen-bond acceptors (Lipinski definition) is 2. The molecule has 0 bridgehead atoms. The predicted molar refractivity (Wildman–Crippen MR) is 84.6 cm³/mol. The van der Waals surface area contributed by atoms with E-state index in [0.717, 1.165) is 17.7 Å². The third kappa shape index (κ3) is 4.50. The summed E-state index contributed by atoms with van der Waals surface area (Å²) >= 11 is 0. The molecule has 0 aliphatic heterocycles. The molecule has 2 aromatic rings. The maximum absolute atomic E-state index is 12.5. The van der Waals surface area contributed by atoms with Crippen LogP contribution < -0.4 is 4.74 Å². The first-order valence-electron chi connectivity index (χ1n) is 7.33. The van der Waals surface area contributed by atoms with Crippen LogP contribution in [0.25, 0.3) is 0 Å². The molecule has 24 heavy (non-hydrogen) atoms. The number of ether oxygens (including phenoxy) is 1. The van der Waals surface area contributed by atoms with Gasteiger partial charge in [-0.05, 0) is 23.8 Å². The van der Waals surface area contributed by atoms with E-state index in [0.29, 0.717) is 11.3 Å². The summed E-state index contributed by atoms with van der Waals surface area (Å²) in [5.74, 6) is 0.494. The zero-order valence-corrected chi connectivity index (χ0v) is 13.4. The maximum Gasteiger partial charge on any atom is 0.416 e. The smallest absolute Gasteiger partial charge is 0.416 e. The van der Waals surface area contributed by atoms with E-state index >= 15 is 0 Å². The minimum atomic E-state index is -4.36. The molecule has 1 amide bonds. The van der Waals surface area contributed by atoms with Gasteiger partial charge in [0.1, 0.15) is 5.75 Å². The fourth-order valence-corrected chi connectivity index (χ4v) is 2.31. The fourth-order valence-electron chi connectivity index (χ4n) is 2.31. The van der Waals surface area contributed by atoms with Crippen molar-refractivity contribution >= 4 is 5.91 Å². The van der Waals surface area contributed by atoms with Crippen LogP contribution in [0.2, 0.25) is 0 Å². The SMILES string of the molecule is COc1ccccc1CC(=O)N(C)Cc1ccc(C(F)(F)F)cc1. The van der Waals surface area contributed by atoms with Gasteiger partial charge in [-0.15, -0.1) is 0 Å². The Morgan fingerprint density at radius 1 is 1.08 bits per heavy atom. The van der Waals surface area contributed by atoms with E-state index in [1.54, 1.807) is 13.1 Å². The second-order valence-electron chi connectivity index (χ2n) is 5.43. The molecule has 0 radical (unpaired) electrons. The molecule has 0 spiro atoms. The molecule has 0 aliphatic rings. The Morgan fingerprint density at radius 2 is 1.71 bits per heavy atom. The van der Waals surface area contributed by atoms with Gasteiger partial charge < -0.3 is 9.64 Å². The van der Waals surface area contributed by atoms with Crippen LogP contribution in [-0.4, -0.2) is 25.0 Å². The number of nitrogens with zero attached hydrogens (tertiary/aromatic N) is 1. The highest BCUT2D eigenvalue weighted by Crippen LogP contribution is 2.29. The summed E-state index contributed by atoms with van der Waals surface area (Å²) in [6.45, 7) is 0.242. The quantitative estimate of drug-likeness (QED) is 0.828. The first-order valence-corrected chi connectivity index (χ1v) is 7.33. The largest absolute Gasteiger partial charge is 0.496 e. The van der Waals surface area contributed by atoms with E-state index < -0.39 is 11.7 Å². The maximum atomic E-state index is 12.5. The lowest BCUT2D eigenvalue weighted by Crippen LogP contribution is -2.27. The van der Waals surface area contributed by atoms with Crippen molar-refractivity contribution in [2.45, 2.75) is 19.1 Å². The third-order valence-corrected chi connectivity index (χ3v) is 3.66. The van der Waals surface area contributed by atoms with Crippen LogP contribution >= 0.6 is 0 Å². The molecular weight excluding hydrogens is 319 g/mol. The Balaban J connectivity index is 2.01. The van der Waals surface area contributed by atoms with E-state index in [4.69, 9.17) is 4.74 Å². The molecule has 3 nitrogen and oxygen atoms in total. The molecule has 0 aliphatic carbocycles. The Hall–Kier alpha value is -2.50. The summed E-state index contributed by atoms with van der Waals surface area (Å²) in [5, 5.41) is 0. The van der Waals surface area contributed by atoms with Crippen LogP contribution in [0.3, 0.4) is 0 Å². The standard InChI is InChI=1S/C18H18F3NO2/c1-22(12-13-7-9-15(10-8-13)18(19,20)21)17(23)11-14-5-3-4-6-16(14)24-2/h3-10H,11-12H2,1-2H3. The average molecular weight is 337 g/mol. The number of halogens is 3. The highest BCUT2D eigenvalue weighted by Gasteiger charge is 2.30. The second kappa shape index (κ2) is 7.38. The number of likely N-dealkylation sites (N-methyl/N-ethyl adjacent to an activating group) is 1. The number of alkyl halides is 3. The van der Waals surface area contributed by atoms with Crippen LogP contribution in [0.15, 0.2) is 48.5 Å². The van der Waals surface area contributed by atoms with Crippen molar-refractivity contribution in [1.82, 2.24) is 4.90 Å². The fraction of sp³-hybridized carbons (Fsp3) is 0.278. The predicted octanol–water partition coefficient (Wildman–Crippen LogP) is 3.92. The molecule has 0 fully saturated rings. The first kappa shape index (κ1) is 17.8. The molecule has 0 aromatic heterocycles. The summed E-state index contributed by atoms with van der Waals surface area (Å²) in [5.41, 5.74) is 0.706. The van der Waals surface area contributed by atoms with Crippen molar-refractivity contribution in [3.63, 3.8) is 0 Å². The van der Waals surface area contributed by atoms with Gasteiger partial charge in [0.2, 0.25) is 5.91 Å². The van der Waals surface area contributed by atoms with Crippen molar-refractivity contribution < 1.29 is 22.7 Å². The normalized spacial score (nSPS) is 11.2. The number of carbonyl (C=O) groups is 1. The summed E-state index contributed by atoms with van der Waals surface area (Å²) in [7, 11) is 3.16. The minimum absolute atomic E-state index is 0.139. The van der Waals surface area contributed by atoms with E-state index in [2.05, 4.69) is 0 Å². The Bertz CT molecular complexity index is 696. The summed E-state index contributed by atoms with van der Waals surface area (Å²) in [4.78, 5) is 13.8. The second-order valence-corrected chi connectivity index (χ2v) is 5.43. The summed E-state index contributed by atoms with van der Waals surface area (Å²) in [6.07, 6.45) is -4.19. The Morgan fingerprint density at radius 3 is 2.29 bits per heavy atom. The highest BCUT2D eigenvalue weighted by molar-refractivity contribution is 5.79. The van der Waals surface area contributed by atoms with Gasteiger partial charge in [0.05, 0.1) is 19.1 Å². The van der Waals surface area contributed by atoms with Gasteiger partial charge in [0.25, 0.3) is 0 Å². The lowest BCUT2D eigenvalue weighted by molar-refractivity contribution is -0.137. The van der Waals surface area contributed by atoms with Crippen molar-refractivity contribution in [2.75, 3.05) is 14.2 Å². The van der Waals surface area contributed by atoms with Gasteiger partial charge in [0.15, 0.2) is 0 Å². The van der Waals surface area contributed by atoms with Gasteiger partial charge in [-0.25, -0.2) is 0 Å². The van der Waals surface area contributed by atoms with Crippen molar-refractivity contribution in [2.24, 2.45) is 0 Å². The van der Waals surface area contributed by atoms with Crippen LogP contribution in [0.4, 0.5) is 13.2 Å². The molecular formula is C18H18F3NO2. The first-order chi connectivity index (χ1) is 11.3. The van der Waals surface area contributed by atoms with Crippen LogP contribution in [0.1, 0.15) is 16.7 Å². The van der Waals surface area contributed by atoms with Gasteiger partial charge in [-0.1, -0.05) is 30.3 Å². The number of methoxy groups -OCH3 is 1. The molecule has 0 heterocycles. The number of carbonyl (C=O) groups excluding carboxylic acids is 1. The third-order valence-electron chi connectivity index (χ3n) is 3.66. The van der Waals surface area contributed by atoms with Gasteiger partial charge in [-0.3, -0.25) is 4.79 Å². The van der Waals surface area contributed by atoms with E-state index in [1.165, 1.54) is 24.1 Å². The molecule has 128 valence electrons. The zero-order chi connectivity index (χ0) is 17.7. The number of amides is 1. The van der Waals surface area contributed by atoms with Crippen LogP contribution in [-0.2, 0) is 23.9 Å². The van der Waals surface area contributed by atoms with Gasteiger partial charge >= 0.3 is 6.18 Å². The number of para-hydroxylation sites is 1. The average Bonchev–Trinajstić information content (AvgIpc) is 2.55. The molecule has 0 N–H and O–H groups in total. The van der Waals surface area contributed by atoms with E-state index in [-0.39, 0.29) is 18.9 Å². The number of rotatable bonds is 5. The van der Waals surface area contributed by atoms with Crippen LogP contribution in [0.5, 0.6) is 5.75 Å². The molecule has 0 saturated heterocycles.